The van der Waals surface area contributed by atoms with Crippen LogP contribution in [0.15, 0.2) is 77.7 Å². The van der Waals surface area contributed by atoms with Gasteiger partial charge in [-0.15, -0.1) is 0 Å². The van der Waals surface area contributed by atoms with E-state index in [0.29, 0.717) is 17.9 Å². The van der Waals surface area contributed by atoms with Crippen molar-refractivity contribution in [2.45, 2.75) is 37.8 Å². The summed E-state index contributed by atoms with van der Waals surface area (Å²) in [6.45, 7) is 3.34. The van der Waals surface area contributed by atoms with E-state index in [2.05, 4.69) is 5.32 Å². The van der Waals surface area contributed by atoms with Gasteiger partial charge in [-0.1, -0.05) is 49.4 Å². The van der Waals surface area contributed by atoms with Crippen molar-refractivity contribution in [2.24, 2.45) is 0 Å². The minimum absolute atomic E-state index is 0.0244. The van der Waals surface area contributed by atoms with Gasteiger partial charge in [0.05, 0.1) is 24.8 Å². The number of ether oxygens (including phenoxy) is 2. The van der Waals surface area contributed by atoms with Crippen LogP contribution in [0.3, 0.4) is 0 Å². The molecule has 10 heteroatoms. The fraction of sp³-hybridized carbons (Fsp3) is 0.310. The lowest BCUT2D eigenvalue weighted by Gasteiger charge is -2.33. The van der Waals surface area contributed by atoms with Gasteiger partial charge in [0.15, 0.2) is 11.5 Å². The largest absolute Gasteiger partial charge is 0.493 e. The van der Waals surface area contributed by atoms with Gasteiger partial charge in [0.2, 0.25) is 11.8 Å². The first kappa shape index (κ1) is 29.5. The highest BCUT2D eigenvalue weighted by atomic mass is 32.2. The Morgan fingerprint density at radius 2 is 1.56 bits per heavy atom. The predicted octanol–water partition coefficient (Wildman–Crippen LogP) is 3.76. The van der Waals surface area contributed by atoms with Crippen molar-refractivity contribution in [3.8, 4) is 11.5 Å². The van der Waals surface area contributed by atoms with Crippen LogP contribution in [0.5, 0.6) is 11.5 Å². The molecule has 0 aliphatic heterocycles. The highest BCUT2D eigenvalue weighted by Gasteiger charge is 2.33. The molecule has 0 saturated carbocycles. The second-order valence-corrected chi connectivity index (χ2v) is 10.7. The van der Waals surface area contributed by atoms with Crippen molar-refractivity contribution in [1.29, 1.82) is 0 Å². The topological polar surface area (TPSA) is 105 Å². The van der Waals surface area contributed by atoms with E-state index in [0.717, 1.165) is 15.4 Å². The molecule has 9 nitrogen and oxygen atoms in total. The quantitative estimate of drug-likeness (QED) is 0.366. The zero-order chi connectivity index (χ0) is 28.6. The molecule has 0 bridgehead atoms. The zero-order valence-corrected chi connectivity index (χ0v) is 23.7. The maximum Gasteiger partial charge on any atom is 0.264 e. The molecular formula is C29H35N3O6S. The number of hydrogen-bond acceptors (Lipinski definition) is 6. The van der Waals surface area contributed by atoms with E-state index in [4.69, 9.17) is 9.47 Å². The molecule has 1 N–H and O–H groups in total. The van der Waals surface area contributed by atoms with Crippen molar-refractivity contribution in [3.63, 3.8) is 0 Å². The number of rotatable bonds is 12. The number of likely N-dealkylation sites (N-methyl/N-ethyl adjacent to an activating group) is 1. The van der Waals surface area contributed by atoms with Gasteiger partial charge in [-0.3, -0.25) is 13.9 Å². The zero-order valence-electron chi connectivity index (χ0n) is 22.9. The number of carbonyl (C=O) groups excluding carboxylic acids is 2. The lowest BCUT2D eigenvalue weighted by molar-refractivity contribution is -0.140. The van der Waals surface area contributed by atoms with Gasteiger partial charge in [-0.25, -0.2) is 8.42 Å². The summed E-state index contributed by atoms with van der Waals surface area (Å²) >= 11 is 0. The second-order valence-electron chi connectivity index (χ2n) is 8.85. The van der Waals surface area contributed by atoms with E-state index in [9.17, 15) is 18.0 Å². The Morgan fingerprint density at radius 3 is 2.15 bits per heavy atom. The van der Waals surface area contributed by atoms with Gasteiger partial charge in [0, 0.05) is 19.7 Å². The Morgan fingerprint density at radius 1 is 0.923 bits per heavy atom. The van der Waals surface area contributed by atoms with Crippen LogP contribution in [0.25, 0.3) is 0 Å². The SMILES string of the molecule is CC[C@H](C(=O)NC)N(Cc1ccccc1C)C(=O)CN(c1ccc(OC)c(OC)c1)S(=O)(=O)c1ccccc1. The normalized spacial score (nSPS) is 11.8. The van der Waals surface area contributed by atoms with Crippen molar-refractivity contribution in [3.05, 3.63) is 83.9 Å². The van der Waals surface area contributed by atoms with Gasteiger partial charge in [-0.2, -0.15) is 0 Å². The molecule has 0 spiro atoms. The molecule has 39 heavy (non-hydrogen) atoms. The summed E-state index contributed by atoms with van der Waals surface area (Å²) < 4.78 is 39.5. The summed E-state index contributed by atoms with van der Waals surface area (Å²) in [4.78, 5) is 28.3. The van der Waals surface area contributed by atoms with Crippen molar-refractivity contribution >= 4 is 27.5 Å². The molecule has 0 fully saturated rings. The molecule has 2 amide bonds. The summed E-state index contributed by atoms with van der Waals surface area (Å²) in [6, 6.07) is 19.3. The average Bonchev–Trinajstić information content (AvgIpc) is 2.96. The molecule has 0 aliphatic rings. The molecule has 3 aromatic rings. The predicted molar refractivity (Wildman–Crippen MR) is 150 cm³/mol. The number of nitrogens with one attached hydrogen (secondary N) is 1. The number of nitrogens with zero attached hydrogens (tertiary/aromatic N) is 2. The molecule has 0 heterocycles. The number of carbonyl (C=O) groups is 2. The Labute approximate surface area is 230 Å². The van der Waals surface area contributed by atoms with Crippen LogP contribution in [0.2, 0.25) is 0 Å². The van der Waals surface area contributed by atoms with Crippen LogP contribution in [0.1, 0.15) is 24.5 Å². The highest BCUT2D eigenvalue weighted by Crippen LogP contribution is 2.34. The Balaban J connectivity index is 2.11. The lowest BCUT2D eigenvalue weighted by atomic mass is 10.1. The molecule has 0 unspecified atom stereocenters. The number of aryl methyl sites for hydroxylation is 1. The molecule has 208 valence electrons. The van der Waals surface area contributed by atoms with E-state index in [1.165, 1.54) is 44.4 Å². The minimum Gasteiger partial charge on any atom is -0.493 e. The first-order chi connectivity index (χ1) is 18.7. The van der Waals surface area contributed by atoms with Crippen LogP contribution in [0, 0.1) is 6.92 Å². The van der Waals surface area contributed by atoms with E-state index >= 15 is 0 Å². The van der Waals surface area contributed by atoms with Crippen molar-refractivity contribution < 1.29 is 27.5 Å². The number of benzene rings is 3. The number of anilines is 1. The molecule has 0 radical (unpaired) electrons. The van der Waals surface area contributed by atoms with Crippen LogP contribution in [-0.4, -0.2) is 59.0 Å². The number of hydrogen-bond donors (Lipinski definition) is 1. The molecule has 3 rings (SSSR count). The first-order valence-corrected chi connectivity index (χ1v) is 14.0. The molecular weight excluding hydrogens is 518 g/mol. The maximum absolute atomic E-state index is 14.0. The fourth-order valence-electron chi connectivity index (χ4n) is 4.29. The summed E-state index contributed by atoms with van der Waals surface area (Å²) in [5, 5.41) is 2.63. The summed E-state index contributed by atoms with van der Waals surface area (Å²) in [7, 11) is 0.259. The smallest absolute Gasteiger partial charge is 0.264 e. The van der Waals surface area contributed by atoms with E-state index in [-0.39, 0.29) is 23.0 Å². The molecule has 0 saturated heterocycles. The van der Waals surface area contributed by atoms with Gasteiger partial charge in [0.25, 0.3) is 10.0 Å². The minimum atomic E-state index is -4.18. The number of sulfonamides is 1. The van der Waals surface area contributed by atoms with Gasteiger partial charge in [0.1, 0.15) is 12.6 Å². The molecule has 0 aromatic heterocycles. The molecule has 3 aromatic carbocycles. The van der Waals surface area contributed by atoms with Crippen molar-refractivity contribution in [1.82, 2.24) is 10.2 Å². The summed E-state index contributed by atoms with van der Waals surface area (Å²) in [6.07, 6.45) is 0.346. The standard InChI is InChI=1S/C29H35N3O6S/c1-6-25(29(34)30-3)31(19-22-13-11-10-12-21(22)2)28(33)20-32(39(35,36)24-14-8-7-9-15-24)23-16-17-26(37-4)27(18-23)38-5/h7-18,25H,6,19-20H2,1-5H3,(H,30,34)/t25-/m1/s1. The van der Waals surface area contributed by atoms with E-state index in [1.54, 1.807) is 30.3 Å². The van der Waals surface area contributed by atoms with Crippen molar-refractivity contribution in [2.75, 3.05) is 32.1 Å². The molecule has 1 atom stereocenters. The van der Waals surface area contributed by atoms with Crippen LogP contribution >= 0.6 is 0 Å². The van der Waals surface area contributed by atoms with Crippen LogP contribution in [0.4, 0.5) is 5.69 Å². The van der Waals surface area contributed by atoms with Gasteiger partial charge >= 0.3 is 0 Å². The summed E-state index contributed by atoms with van der Waals surface area (Å²) in [5.74, 6) is -0.133. The van der Waals surface area contributed by atoms with E-state index < -0.39 is 28.5 Å². The highest BCUT2D eigenvalue weighted by molar-refractivity contribution is 7.92. The number of methoxy groups -OCH3 is 2. The van der Waals surface area contributed by atoms with Gasteiger partial charge < -0.3 is 19.7 Å². The number of amides is 2. The Hall–Kier alpha value is -4.05. The lowest BCUT2D eigenvalue weighted by Crippen LogP contribution is -2.51. The second kappa shape index (κ2) is 13.1. The Kier molecular flexibility index (Phi) is 9.95. The third-order valence-corrected chi connectivity index (χ3v) is 8.29. The van der Waals surface area contributed by atoms with E-state index in [1.807, 2.05) is 38.1 Å². The van der Waals surface area contributed by atoms with Crippen LogP contribution < -0.4 is 19.1 Å². The third-order valence-electron chi connectivity index (χ3n) is 6.50. The third kappa shape index (κ3) is 6.69. The molecule has 0 aliphatic carbocycles. The monoisotopic (exact) mass is 553 g/mol. The van der Waals surface area contributed by atoms with Gasteiger partial charge in [-0.05, 0) is 48.7 Å². The van der Waals surface area contributed by atoms with Crippen LogP contribution in [-0.2, 0) is 26.2 Å². The maximum atomic E-state index is 14.0. The fourth-order valence-corrected chi connectivity index (χ4v) is 5.71. The summed E-state index contributed by atoms with van der Waals surface area (Å²) in [5.41, 5.74) is 2.03. The average molecular weight is 554 g/mol. The first-order valence-electron chi connectivity index (χ1n) is 12.5. The Bertz CT molecular complexity index is 1400.